The molecule has 1 aliphatic rings. The van der Waals surface area contributed by atoms with Crippen LogP contribution in [-0.2, 0) is 5.41 Å². The summed E-state index contributed by atoms with van der Waals surface area (Å²) in [5.41, 5.74) is 11.1. The number of fused-ring (bicyclic) bond motifs is 3. The van der Waals surface area contributed by atoms with E-state index in [1.165, 1.54) is 33.4 Å². The monoisotopic (exact) mass is 512 g/mol. The molecule has 40 heavy (non-hydrogen) atoms. The van der Waals surface area contributed by atoms with Crippen molar-refractivity contribution >= 4 is 27.8 Å². The fourth-order valence-electron chi connectivity index (χ4n) is 6.22. The Morgan fingerprint density at radius 1 is 0.525 bits per heavy atom. The molecule has 6 aromatic rings. The molecule has 6 aromatic carbocycles. The van der Waals surface area contributed by atoms with Gasteiger partial charge in [-0.2, -0.15) is 5.26 Å². The van der Waals surface area contributed by atoms with E-state index in [-0.39, 0.29) is 5.41 Å². The minimum absolute atomic E-state index is 0.251. The molecule has 0 atom stereocenters. The van der Waals surface area contributed by atoms with Crippen LogP contribution in [-0.4, -0.2) is 0 Å². The fourth-order valence-corrected chi connectivity index (χ4v) is 6.22. The molecule has 0 fully saturated rings. The molecular weight excluding hydrogens is 484 g/mol. The number of anilines is 3. The quantitative estimate of drug-likeness (QED) is 0.236. The maximum Gasteiger partial charge on any atom is 0.0998 e. The lowest BCUT2D eigenvalue weighted by Crippen LogP contribution is -2.31. The van der Waals surface area contributed by atoms with E-state index in [0.29, 0.717) is 5.56 Å². The highest BCUT2D eigenvalue weighted by molar-refractivity contribution is 6.04. The summed E-state index contributed by atoms with van der Waals surface area (Å²) in [6.45, 7) is 4.66. The third-order valence-electron chi connectivity index (χ3n) is 8.28. The Hall–Kier alpha value is -5.13. The van der Waals surface area contributed by atoms with Gasteiger partial charge in [0.25, 0.3) is 0 Å². The average molecular weight is 513 g/mol. The van der Waals surface area contributed by atoms with Crippen LogP contribution in [0.4, 0.5) is 17.1 Å². The predicted molar refractivity (Wildman–Crippen MR) is 166 cm³/mol. The minimum atomic E-state index is -0.251. The highest BCUT2D eigenvalue weighted by Crippen LogP contribution is 2.54. The van der Waals surface area contributed by atoms with Crippen LogP contribution in [0.25, 0.3) is 33.0 Å². The molecule has 0 spiro atoms. The Bertz CT molecular complexity index is 1830. The second-order valence-electron chi connectivity index (χ2n) is 10.9. The van der Waals surface area contributed by atoms with Gasteiger partial charge in [-0.15, -0.1) is 0 Å². The molecule has 0 aliphatic carbocycles. The Morgan fingerprint density at radius 3 is 1.57 bits per heavy atom. The lowest BCUT2D eigenvalue weighted by atomic mass is 9.72. The summed E-state index contributed by atoms with van der Waals surface area (Å²) in [7, 11) is 0. The minimum Gasteiger partial charge on any atom is -0.309 e. The average Bonchev–Trinajstić information content (AvgIpc) is 3.01. The van der Waals surface area contributed by atoms with E-state index in [9.17, 15) is 5.26 Å². The Morgan fingerprint density at radius 2 is 1.05 bits per heavy atom. The highest BCUT2D eigenvalue weighted by atomic mass is 15.2. The van der Waals surface area contributed by atoms with Crippen molar-refractivity contribution in [3.63, 3.8) is 0 Å². The van der Waals surface area contributed by atoms with Crippen molar-refractivity contribution in [3.8, 4) is 28.3 Å². The third kappa shape index (κ3) is 3.71. The number of benzene rings is 6. The molecule has 0 unspecified atom stereocenters. The maximum absolute atomic E-state index is 10.1. The molecule has 0 amide bonds. The van der Waals surface area contributed by atoms with Crippen molar-refractivity contribution < 1.29 is 0 Å². The van der Waals surface area contributed by atoms with Crippen molar-refractivity contribution in [1.82, 2.24) is 0 Å². The molecule has 1 aliphatic heterocycles. The normalized spacial score (nSPS) is 13.4. The fraction of sp³-hybridized carbons (Fsp3) is 0.0789. The lowest BCUT2D eigenvalue weighted by Gasteiger charge is -2.43. The van der Waals surface area contributed by atoms with Crippen LogP contribution >= 0.6 is 0 Å². The van der Waals surface area contributed by atoms with Crippen molar-refractivity contribution in [2.24, 2.45) is 0 Å². The Kier molecular flexibility index (Phi) is 5.54. The second-order valence-corrected chi connectivity index (χ2v) is 10.9. The first-order valence-electron chi connectivity index (χ1n) is 13.7. The van der Waals surface area contributed by atoms with E-state index in [0.717, 1.165) is 27.8 Å². The molecule has 0 aromatic heterocycles. The molecule has 7 rings (SSSR count). The van der Waals surface area contributed by atoms with E-state index >= 15 is 0 Å². The van der Waals surface area contributed by atoms with E-state index in [1.54, 1.807) is 0 Å². The number of nitriles is 1. The van der Waals surface area contributed by atoms with Gasteiger partial charge in [0.2, 0.25) is 0 Å². The number of rotatable bonds is 3. The summed E-state index contributed by atoms with van der Waals surface area (Å²) in [6.07, 6.45) is 0. The first kappa shape index (κ1) is 23.9. The number of hydrogen-bond donors (Lipinski definition) is 0. The van der Waals surface area contributed by atoms with E-state index in [2.05, 4.69) is 146 Å². The van der Waals surface area contributed by atoms with Crippen LogP contribution in [0.2, 0.25) is 0 Å². The van der Waals surface area contributed by atoms with Crippen LogP contribution in [0.1, 0.15) is 30.5 Å². The van der Waals surface area contributed by atoms with E-state index in [4.69, 9.17) is 0 Å². The van der Waals surface area contributed by atoms with Gasteiger partial charge in [-0.1, -0.05) is 111 Å². The lowest BCUT2D eigenvalue weighted by molar-refractivity contribution is 0.632. The van der Waals surface area contributed by atoms with Gasteiger partial charge in [-0.3, -0.25) is 0 Å². The van der Waals surface area contributed by atoms with Gasteiger partial charge in [0.1, 0.15) is 0 Å². The van der Waals surface area contributed by atoms with Crippen LogP contribution in [0.15, 0.2) is 133 Å². The summed E-state index contributed by atoms with van der Waals surface area (Å²) in [4.78, 5) is 2.36. The zero-order valence-corrected chi connectivity index (χ0v) is 22.6. The summed E-state index contributed by atoms with van der Waals surface area (Å²) in [5.74, 6) is 0. The molecule has 2 heteroatoms. The van der Waals surface area contributed by atoms with Crippen molar-refractivity contribution in [2.45, 2.75) is 19.3 Å². The summed E-state index contributed by atoms with van der Waals surface area (Å²) in [5, 5.41) is 12.1. The van der Waals surface area contributed by atoms with Crippen molar-refractivity contribution in [3.05, 3.63) is 150 Å². The van der Waals surface area contributed by atoms with Crippen molar-refractivity contribution in [1.29, 1.82) is 5.26 Å². The van der Waals surface area contributed by atoms with E-state index in [1.807, 2.05) is 12.1 Å². The molecule has 0 N–H and O–H groups in total. The van der Waals surface area contributed by atoms with Crippen LogP contribution < -0.4 is 4.90 Å². The summed E-state index contributed by atoms with van der Waals surface area (Å²) in [6, 6.07) is 49.5. The molecule has 0 saturated carbocycles. The van der Waals surface area contributed by atoms with Gasteiger partial charge >= 0.3 is 0 Å². The molecule has 0 bridgehead atoms. The molecule has 190 valence electrons. The Labute approximate surface area is 235 Å². The van der Waals surface area contributed by atoms with Crippen molar-refractivity contribution in [2.75, 3.05) is 4.90 Å². The molecular formula is C38H28N2. The maximum atomic E-state index is 10.1. The Balaban J connectivity index is 1.54. The third-order valence-corrected chi connectivity index (χ3v) is 8.28. The molecule has 0 saturated heterocycles. The van der Waals surface area contributed by atoms with Gasteiger partial charge < -0.3 is 4.90 Å². The van der Waals surface area contributed by atoms with Gasteiger partial charge in [0.15, 0.2) is 0 Å². The van der Waals surface area contributed by atoms with Crippen LogP contribution in [0.3, 0.4) is 0 Å². The predicted octanol–water partition coefficient (Wildman–Crippen LogP) is 10.2. The van der Waals surface area contributed by atoms with Gasteiger partial charge in [-0.25, -0.2) is 0 Å². The zero-order valence-electron chi connectivity index (χ0n) is 22.6. The first-order valence-corrected chi connectivity index (χ1v) is 13.7. The van der Waals surface area contributed by atoms with Gasteiger partial charge in [-0.05, 0) is 75.2 Å². The van der Waals surface area contributed by atoms with E-state index < -0.39 is 0 Å². The molecule has 2 nitrogen and oxygen atoms in total. The standard InChI is InChI=1S/C38H28N2/c1-38(2)32-23-29(26-11-5-3-6-12-26)19-21-34(32)40(36-18-10-16-28-15-9-17-31(25-39)37(28)36)35-22-20-30(24-33(35)38)27-13-7-4-8-14-27/h3-24H,1-2H3. The molecule has 0 radical (unpaired) electrons. The van der Waals surface area contributed by atoms with Crippen LogP contribution in [0, 0.1) is 11.3 Å². The largest absolute Gasteiger partial charge is 0.309 e. The van der Waals surface area contributed by atoms with Crippen LogP contribution in [0.5, 0.6) is 0 Å². The summed E-state index contributed by atoms with van der Waals surface area (Å²) >= 11 is 0. The van der Waals surface area contributed by atoms with Gasteiger partial charge in [0, 0.05) is 10.8 Å². The first-order chi connectivity index (χ1) is 19.6. The number of hydrogen-bond acceptors (Lipinski definition) is 2. The highest BCUT2D eigenvalue weighted by Gasteiger charge is 2.38. The summed E-state index contributed by atoms with van der Waals surface area (Å²) < 4.78 is 0. The second kappa shape index (κ2) is 9.26. The smallest absolute Gasteiger partial charge is 0.0998 e. The SMILES string of the molecule is CC1(C)c2cc(-c3ccccc3)ccc2N(c2cccc3cccc(C#N)c23)c2ccc(-c3ccccc3)cc21. The topological polar surface area (TPSA) is 27.0 Å². The number of nitrogens with zero attached hydrogens (tertiary/aromatic N) is 2. The zero-order chi connectivity index (χ0) is 27.3. The van der Waals surface area contributed by atoms with Gasteiger partial charge in [0.05, 0.1) is 28.7 Å². The molecule has 1 heterocycles.